The number of halogens is 1. The summed E-state index contributed by atoms with van der Waals surface area (Å²) in [6.07, 6.45) is 1.53. The zero-order chi connectivity index (χ0) is 26.5. The lowest BCUT2D eigenvalue weighted by Crippen LogP contribution is -2.48. The molecule has 0 radical (unpaired) electrons. The summed E-state index contributed by atoms with van der Waals surface area (Å²) in [6.45, 7) is 7.36. The van der Waals surface area contributed by atoms with Gasteiger partial charge in [0.25, 0.3) is 0 Å². The van der Waals surface area contributed by atoms with E-state index in [1.165, 1.54) is 14.0 Å². The number of nitrogens with one attached hydrogen (secondary N) is 1. The molecule has 1 fully saturated rings. The van der Waals surface area contributed by atoms with Crippen LogP contribution in [0.5, 0.6) is 0 Å². The van der Waals surface area contributed by atoms with Gasteiger partial charge < -0.3 is 15.0 Å². The van der Waals surface area contributed by atoms with Crippen LogP contribution in [0.2, 0.25) is 0 Å². The molecule has 1 aliphatic rings. The van der Waals surface area contributed by atoms with Crippen molar-refractivity contribution >= 4 is 39.8 Å². The van der Waals surface area contributed by atoms with Crippen LogP contribution >= 0.6 is 0 Å². The molecule has 0 bridgehead atoms. The molecule has 3 aromatic heterocycles. The van der Waals surface area contributed by atoms with E-state index < -0.39 is 23.9 Å². The third-order valence-corrected chi connectivity index (χ3v) is 6.52. The molecule has 0 saturated carbocycles. The first-order valence-corrected chi connectivity index (χ1v) is 12.2. The molecule has 37 heavy (non-hydrogen) atoms. The summed E-state index contributed by atoms with van der Waals surface area (Å²) in [6, 6.07) is 7.00. The van der Waals surface area contributed by atoms with Crippen LogP contribution in [-0.2, 0) is 11.8 Å². The monoisotopic (exact) mass is 507 g/mol. The highest BCUT2D eigenvalue weighted by molar-refractivity contribution is 5.85. The maximum Gasteiger partial charge on any atom is 0.410 e. The van der Waals surface area contributed by atoms with Crippen molar-refractivity contribution in [3.8, 4) is 0 Å². The van der Waals surface area contributed by atoms with Gasteiger partial charge in [-0.1, -0.05) is 6.07 Å². The third kappa shape index (κ3) is 4.73. The van der Waals surface area contributed by atoms with Crippen LogP contribution in [0.1, 0.15) is 38.8 Å². The fourth-order valence-corrected chi connectivity index (χ4v) is 4.65. The number of ether oxygens (including phenoxy) is 1. The molecule has 1 aromatic carbocycles. The Bertz CT molecular complexity index is 1560. The number of hydrogen-bond acceptors (Lipinski definition) is 7. The Morgan fingerprint density at radius 2 is 2.03 bits per heavy atom. The molecule has 1 saturated heterocycles. The number of aromatic nitrogens is 5. The zero-order valence-corrected chi connectivity index (χ0v) is 21.5. The Hall–Kier alpha value is -4.02. The van der Waals surface area contributed by atoms with Crippen LogP contribution in [0.15, 0.2) is 41.5 Å². The number of nitrogens with zero attached hydrogens (tertiary/aromatic N) is 6. The zero-order valence-electron chi connectivity index (χ0n) is 21.5. The van der Waals surface area contributed by atoms with Gasteiger partial charge in [0, 0.05) is 30.9 Å². The number of carbonyl (C=O) groups excluding carboxylic acids is 1. The number of hydrogen-bond donors (Lipinski definition) is 1. The number of pyridine rings is 1. The lowest BCUT2D eigenvalue weighted by Gasteiger charge is -2.35. The van der Waals surface area contributed by atoms with Gasteiger partial charge in [-0.3, -0.25) is 14.1 Å². The maximum absolute atomic E-state index is 15.5. The van der Waals surface area contributed by atoms with Gasteiger partial charge >= 0.3 is 11.8 Å². The molecule has 2 atom stereocenters. The summed E-state index contributed by atoms with van der Waals surface area (Å²) < 4.78 is 23.6. The van der Waals surface area contributed by atoms with Gasteiger partial charge in [0.1, 0.15) is 17.3 Å². The van der Waals surface area contributed by atoms with E-state index in [2.05, 4.69) is 20.3 Å². The second-order valence-corrected chi connectivity index (χ2v) is 10.4. The van der Waals surface area contributed by atoms with Gasteiger partial charge in [-0.05, 0) is 57.9 Å². The van der Waals surface area contributed by atoms with E-state index in [9.17, 15) is 9.59 Å². The average molecular weight is 508 g/mol. The standard InChI is InChI=1S/C26H30FN7O3/c1-15-11-19-16(7-6-9-28-19)12-18(15)30-23-29-13-21-22(31-23)34(24(35)32(21)5)20-8-10-33(14-17(20)27)25(36)37-26(2,3)4/h6-7,9,11-13,17,20H,8,10,14H2,1-5H3,(H,29,30,31). The number of rotatable bonds is 3. The SMILES string of the molecule is Cc1cc2ncccc2cc1Nc1ncc2c(n1)n(C1CCN(C(=O)OC(C)(C)C)CC1F)c(=O)n2C. The van der Waals surface area contributed by atoms with Crippen LogP contribution < -0.4 is 11.0 Å². The highest BCUT2D eigenvalue weighted by atomic mass is 19.1. The molecule has 1 aliphatic heterocycles. The quantitative estimate of drug-likeness (QED) is 0.442. The third-order valence-electron chi connectivity index (χ3n) is 6.52. The van der Waals surface area contributed by atoms with Gasteiger partial charge in [-0.15, -0.1) is 0 Å². The Morgan fingerprint density at radius 3 is 2.76 bits per heavy atom. The number of imidazole rings is 1. The number of piperidine rings is 1. The van der Waals surface area contributed by atoms with E-state index in [4.69, 9.17) is 4.74 Å². The van der Waals surface area contributed by atoms with Crippen molar-refractivity contribution in [1.29, 1.82) is 0 Å². The smallest absolute Gasteiger partial charge is 0.410 e. The first-order valence-electron chi connectivity index (χ1n) is 12.2. The van der Waals surface area contributed by atoms with E-state index in [1.54, 1.807) is 40.2 Å². The average Bonchev–Trinajstić information content (AvgIpc) is 3.08. The van der Waals surface area contributed by atoms with Gasteiger partial charge in [-0.2, -0.15) is 4.98 Å². The van der Waals surface area contributed by atoms with Crippen LogP contribution in [-0.4, -0.2) is 59.9 Å². The van der Waals surface area contributed by atoms with Crippen molar-refractivity contribution in [1.82, 2.24) is 29.0 Å². The van der Waals surface area contributed by atoms with Crippen LogP contribution in [0.4, 0.5) is 20.8 Å². The van der Waals surface area contributed by atoms with E-state index in [-0.39, 0.29) is 25.2 Å². The molecule has 4 aromatic rings. The summed E-state index contributed by atoms with van der Waals surface area (Å²) in [7, 11) is 1.61. The molecule has 4 heterocycles. The molecule has 10 nitrogen and oxygen atoms in total. The first-order chi connectivity index (χ1) is 17.5. The van der Waals surface area contributed by atoms with Crippen molar-refractivity contribution in [2.24, 2.45) is 7.05 Å². The van der Waals surface area contributed by atoms with Crippen molar-refractivity contribution < 1.29 is 13.9 Å². The van der Waals surface area contributed by atoms with E-state index in [0.29, 0.717) is 17.1 Å². The van der Waals surface area contributed by atoms with E-state index in [0.717, 1.165) is 22.2 Å². The number of benzene rings is 1. The number of fused-ring (bicyclic) bond motifs is 2. The normalized spacial score (nSPS) is 18.4. The number of aryl methyl sites for hydroxylation is 2. The number of likely N-dealkylation sites (tertiary alicyclic amines) is 1. The minimum Gasteiger partial charge on any atom is -0.444 e. The Kier molecular flexibility index (Phi) is 6.09. The lowest BCUT2D eigenvalue weighted by molar-refractivity contribution is 0.00675. The highest BCUT2D eigenvalue weighted by Crippen LogP contribution is 2.29. The molecular weight excluding hydrogens is 477 g/mol. The van der Waals surface area contributed by atoms with Crippen molar-refractivity contribution in [2.75, 3.05) is 18.4 Å². The summed E-state index contributed by atoms with van der Waals surface area (Å²) >= 11 is 0. The fourth-order valence-electron chi connectivity index (χ4n) is 4.65. The summed E-state index contributed by atoms with van der Waals surface area (Å²) in [5.41, 5.74) is 2.42. The molecule has 0 spiro atoms. The van der Waals surface area contributed by atoms with Crippen LogP contribution in [0.25, 0.3) is 22.1 Å². The Morgan fingerprint density at radius 1 is 1.24 bits per heavy atom. The number of anilines is 2. The van der Waals surface area contributed by atoms with Crippen molar-refractivity contribution in [2.45, 2.75) is 51.9 Å². The summed E-state index contributed by atoms with van der Waals surface area (Å²) in [5.74, 6) is 0.291. The molecule has 5 rings (SSSR count). The molecular formula is C26H30FN7O3. The Balaban J connectivity index is 1.45. The molecule has 1 amide bonds. The summed E-state index contributed by atoms with van der Waals surface area (Å²) in [5, 5.41) is 4.20. The van der Waals surface area contributed by atoms with Crippen molar-refractivity contribution in [3.05, 3.63) is 52.7 Å². The Labute approximate surface area is 213 Å². The molecule has 1 N–H and O–H groups in total. The minimum atomic E-state index is -1.47. The second kappa shape index (κ2) is 9.13. The number of carbonyl (C=O) groups is 1. The maximum atomic E-state index is 15.5. The van der Waals surface area contributed by atoms with Crippen LogP contribution in [0.3, 0.4) is 0 Å². The number of amides is 1. The van der Waals surface area contributed by atoms with Crippen LogP contribution in [0, 0.1) is 6.92 Å². The minimum absolute atomic E-state index is 0.164. The van der Waals surface area contributed by atoms with E-state index in [1.807, 2.05) is 31.2 Å². The van der Waals surface area contributed by atoms with Crippen molar-refractivity contribution in [3.63, 3.8) is 0 Å². The molecule has 2 unspecified atom stereocenters. The first kappa shape index (κ1) is 24.7. The fraction of sp³-hybridized carbons (Fsp3) is 0.423. The predicted octanol–water partition coefficient (Wildman–Crippen LogP) is 4.25. The molecule has 0 aliphatic carbocycles. The number of alkyl halides is 1. The van der Waals surface area contributed by atoms with Gasteiger partial charge in [-0.25, -0.2) is 19.0 Å². The topological polar surface area (TPSA) is 107 Å². The predicted molar refractivity (Wildman–Crippen MR) is 139 cm³/mol. The molecule has 194 valence electrons. The molecule has 11 heteroatoms. The van der Waals surface area contributed by atoms with Gasteiger partial charge in [0.05, 0.1) is 24.3 Å². The lowest BCUT2D eigenvalue weighted by atomic mass is 10.0. The second-order valence-electron chi connectivity index (χ2n) is 10.4. The van der Waals surface area contributed by atoms with E-state index >= 15 is 4.39 Å². The van der Waals surface area contributed by atoms with Gasteiger partial charge in [0.2, 0.25) is 5.95 Å². The van der Waals surface area contributed by atoms with Gasteiger partial charge in [0.15, 0.2) is 5.65 Å². The summed E-state index contributed by atoms with van der Waals surface area (Å²) in [4.78, 5) is 40.4. The highest BCUT2D eigenvalue weighted by Gasteiger charge is 2.36. The largest absolute Gasteiger partial charge is 0.444 e.